The predicted molar refractivity (Wildman–Crippen MR) is 99.0 cm³/mol. The Morgan fingerprint density at radius 1 is 1.36 bits per heavy atom. The van der Waals surface area contributed by atoms with Crippen LogP contribution in [0.3, 0.4) is 0 Å². The lowest BCUT2D eigenvalue weighted by Gasteiger charge is -2.20. The molecule has 1 aliphatic rings. The second-order valence-corrected chi connectivity index (χ2v) is 8.36. The Kier molecular flexibility index (Phi) is 4.91. The number of benzene rings is 1. The summed E-state index contributed by atoms with van der Waals surface area (Å²) in [5, 5.41) is 3.07. The molecule has 1 aromatic carbocycles. The average Bonchev–Trinajstić information content (AvgIpc) is 2.93. The lowest BCUT2D eigenvalue weighted by atomic mass is 9.87. The molecule has 0 spiro atoms. The molecule has 1 heterocycles. The van der Waals surface area contributed by atoms with Gasteiger partial charge in [-0.3, -0.25) is 4.79 Å². The van der Waals surface area contributed by atoms with E-state index < -0.39 is 5.41 Å². The highest BCUT2D eigenvalue weighted by Gasteiger charge is 2.66. The third-order valence-electron chi connectivity index (χ3n) is 5.17. The van der Waals surface area contributed by atoms with Gasteiger partial charge in [0.25, 0.3) is 0 Å². The Morgan fingerprint density at radius 3 is 2.60 bits per heavy atom. The molecule has 1 fully saturated rings. The van der Waals surface area contributed by atoms with Crippen LogP contribution in [0.5, 0.6) is 0 Å². The van der Waals surface area contributed by atoms with Gasteiger partial charge < -0.3 is 10.3 Å². The molecule has 3 rings (SSSR count). The summed E-state index contributed by atoms with van der Waals surface area (Å²) in [7, 11) is 0. The zero-order valence-electron chi connectivity index (χ0n) is 14.9. The first kappa shape index (κ1) is 18.0. The fraction of sp³-hybridized carbons (Fsp3) is 0.474. The second-order valence-electron chi connectivity index (χ2n) is 7.26. The molecule has 1 amide bonds. The molecule has 25 heavy (non-hydrogen) atoms. The van der Waals surface area contributed by atoms with Crippen molar-refractivity contribution in [2.45, 2.75) is 38.4 Å². The molecule has 0 unspecified atom stereocenters. The first-order chi connectivity index (χ1) is 11.9. The van der Waals surface area contributed by atoms with Crippen molar-refractivity contribution in [3.63, 3.8) is 0 Å². The van der Waals surface area contributed by atoms with Crippen LogP contribution in [0.2, 0.25) is 0 Å². The molecule has 1 aliphatic carbocycles. The Balaban J connectivity index is 1.54. The summed E-state index contributed by atoms with van der Waals surface area (Å²) in [6.07, 6.45) is 2.49. The molecular weight excluding hydrogens is 337 g/mol. The van der Waals surface area contributed by atoms with E-state index in [9.17, 15) is 9.18 Å². The molecule has 1 aromatic heterocycles. The summed E-state index contributed by atoms with van der Waals surface area (Å²) < 4.78 is 13.2. The number of rotatable bonds is 7. The van der Waals surface area contributed by atoms with Crippen molar-refractivity contribution in [1.82, 2.24) is 15.3 Å². The van der Waals surface area contributed by atoms with Crippen molar-refractivity contribution >= 4 is 17.7 Å². The van der Waals surface area contributed by atoms with Gasteiger partial charge in [-0.1, -0.05) is 26.0 Å². The highest BCUT2D eigenvalue weighted by molar-refractivity contribution is 7.98. The number of halogens is 1. The van der Waals surface area contributed by atoms with E-state index in [1.807, 2.05) is 6.92 Å². The highest BCUT2D eigenvalue weighted by atomic mass is 32.2. The maximum atomic E-state index is 13.2. The number of aryl methyl sites for hydroxylation is 1. The van der Waals surface area contributed by atoms with E-state index in [1.54, 1.807) is 30.2 Å². The van der Waals surface area contributed by atoms with E-state index in [1.165, 1.54) is 12.1 Å². The number of amides is 1. The van der Waals surface area contributed by atoms with Crippen LogP contribution in [0, 0.1) is 18.2 Å². The Bertz CT molecular complexity index is 756. The lowest BCUT2D eigenvalue weighted by Crippen LogP contribution is -2.38. The molecule has 0 saturated heterocycles. The van der Waals surface area contributed by atoms with Gasteiger partial charge in [0.15, 0.2) is 0 Å². The molecule has 2 N–H and O–H groups in total. The SMILES string of the molecule is Cc1[nH]cnc1CSCCNC(=O)[C@]1(c2ccc(F)cc2)CC1(C)C. The van der Waals surface area contributed by atoms with Gasteiger partial charge in [-0.05, 0) is 36.5 Å². The second kappa shape index (κ2) is 6.83. The van der Waals surface area contributed by atoms with E-state index in [4.69, 9.17) is 0 Å². The highest BCUT2D eigenvalue weighted by Crippen LogP contribution is 2.64. The third-order valence-corrected chi connectivity index (χ3v) is 6.14. The van der Waals surface area contributed by atoms with E-state index in [0.29, 0.717) is 6.54 Å². The quantitative estimate of drug-likeness (QED) is 0.741. The number of carbonyl (C=O) groups is 1. The van der Waals surface area contributed by atoms with Gasteiger partial charge in [0, 0.05) is 23.7 Å². The number of aromatic nitrogens is 2. The number of nitrogens with one attached hydrogen (secondary N) is 2. The molecule has 6 heteroatoms. The van der Waals surface area contributed by atoms with Crippen LogP contribution < -0.4 is 5.32 Å². The van der Waals surface area contributed by atoms with Crippen molar-refractivity contribution in [3.8, 4) is 0 Å². The molecule has 0 bridgehead atoms. The minimum Gasteiger partial charge on any atom is -0.354 e. The summed E-state index contributed by atoms with van der Waals surface area (Å²) in [5.74, 6) is 1.43. The van der Waals surface area contributed by atoms with Gasteiger partial charge in [-0.2, -0.15) is 11.8 Å². The summed E-state index contributed by atoms with van der Waals surface area (Å²) in [5.41, 5.74) is 2.41. The van der Waals surface area contributed by atoms with E-state index in [0.717, 1.165) is 34.9 Å². The van der Waals surface area contributed by atoms with Crippen LogP contribution >= 0.6 is 11.8 Å². The minimum absolute atomic E-state index is 0.0423. The number of H-pyrrole nitrogens is 1. The largest absolute Gasteiger partial charge is 0.354 e. The van der Waals surface area contributed by atoms with Crippen LogP contribution in [-0.4, -0.2) is 28.2 Å². The summed E-state index contributed by atoms with van der Waals surface area (Å²) >= 11 is 1.75. The van der Waals surface area contributed by atoms with E-state index >= 15 is 0 Å². The van der Waals surface area contributed by atoms with Crippen LogP contribution in [0.4, 0.5) is 4.39 Å². The molecule has 134 valence electrons. The number of hydrogen-bond donors (Lipinski definition) is 2. The standard InChI is InChI=1S/C19H24FN3OS/c1-13-16(23-12-22-13)10-25-9-8-21-17(24)19(11-18(19,2)3)14-4-6-15(20)7-5-14/h4-7,12H,8-11H2,1-3H3,(H,21,24)(H,22,23)/t19-/m1/s1. The molecule has 1 saturated carbocycles. The van der Waals surface area contributed by atoms with Crippen LogP contribution in [-0.2, 0) is 16.0 Å². The zero-order valence-corrected chi connectivity index (χ0v) is 15.7. The van der Waals surface area contributed by atoms with Crippen molar-refractivity contribution in [3.05, 3.63) is 53.4 Å². The first-order valence-corrected chi connectivity index (χ1v) is 9.63. The summed E-state index contributed by atoms with van der Waals surface area (Å²) in [6, 6.07) is 6.33. The van der Waals surface area contributed by atoms with Crippen molar-refractivity contribution in [1.29, 1.82) is 0 Å². The van der Waals surface area contributed by atoms with Gasteiger partial charge in [-0.15, -0.1) is 0 Å². The van der Waals surface area contributed by atoms with E-state index in [2.05, 4.69) is 29.1 Å². The van der Waals surface area contributed by atoms with Crippen LogP contribution in [0.15, 0.2) is 30.6 Å². The van der Waals surface area contributed by atoms with Crippen molar-refractivity contribution in [2.24, 2.45) is 5.41 Å². The number of carbonyl (C=O) groups excluding carboxylic acids is 1. The number of thioether (sulfide) groups is 1. The number of hydrogen-bond acceptors (Lipinski definition) is 3. The Labute approximate surface area is 152 Å². The topological polar surface area (TPSA) is 57.8 Å². The maximum absolute atomic E-state index is 13.2. The lowest BCUT2D eigenvalue weighted by molar-refractivity contribution is -0.124. The number of imidazole rings is 1. The normalized spacial score (nSPS) is 21.1. The Morgan fingerprint density at radius 2 is 2.04 bits per heavy atom. The molecule has 4 nitrogen and oxygen atoms in total. The number of nitrogens with zero attached hydrogens (tertiary/aromatic N) is 1. The molecule has 2 aromatic rings. The predicted octanol–water partition coefficient (Wildman–Crippen LogP) is 3.57. The first-order valence-electron chi connectivity index (χ1n) is 8.48. The Hall–Kier alpha value is -1.82. The minimum atomic E-state index is -0.538. The van der Waals surface area contributed by atoms with Crippen LogP contribution in [0.1, 0.15) is 37.2 Å². The maximum Gasteiger partial charge on any atom is 0.231 e. The smallest absolute Gasteiger partial charge is 0.231 e. The van der Waals surface area contributed by atoms with Crippen LogP contribution in [0.25, 0.3) is 0 Å². The van der Waals surface area contributed by atoms with Gasteiger partial charge in [-0.25, -0.2) is 9.37 Å². The summed E-state index contributed by atoms with van der Waals surface area (Å²) in [6.45, 7) is 6.80. The fourth-order valence-electron chi connectivity index (χ4n) is 3.45. The van der Waals surface area contributed by atoms with Gasteiger partial charge in [0.2, 0.25) is 5.91 Å². The molecule has 0 radical (unpaired) electrons. The zero-order chi connectivity index (χ0) is 18.1. The molecular formula is C19H24FN3OS. The van der Waals surface area contributed by atoms with Gasteiger partial charge in [0.1, 0.15) is 5.82 Å². The monoisotopic (exact) mass is 361 g/mol. The van der Waals surface area contributed by atoms with Gasteiger partial charge in [0.05, 0.1) is 17.4 Å². The summed E-state index contributed by atoms with van der Waals surface area (Å²) in [4.78, 5) is 20.2. The number of aromatic amines is 1. The van der Waals surface area contributed by atoms with Gasteiger partial charge >= 0.3 is 0 Å². The fourth-order valence-corrected chi connectivity index (χ4v) is 4.33. The molecule has 0 aliphatic heterocycles. The third kappa shape index (κ3) is 3.45. The van der Waals surface area contributed by atoms with E-state index in [-0.39, 0.29) is 17.1 Å². The van der Waals surface area contributed by atoms with Crippen molar-refractivity contribution in [2.75, 3.05) is 12.3 Å². The molecule has 1 atom stereocenters. The average molecular weight is 361 g/mol. The van der Waals surface area contributed by atoms with Crippen molar-refractivity contribution < 1.29 is 9.18 Å².